The molecule has 3 aromatic rings. The number of benzene rings is 1. The van der Waals surface area contributed by atoms with Gasteiger partial charge in [-0.3, -0.25) is 4.79 Å². The highest BCUT2D eigenvalue weighted by Gasteiger charge is 2.25. The number of hydrogen-bond acceptors (Lipinski definition) is 8. The summed E-state index contributed by atoms with van der Waals surface area (Å²) >= 11 is 1.16. The van der Waals surface area contributed by atoms with E-state index in [9.17, 15) is 9.59 Å². The molecule has 3 heterocycles. The Morgan fingerprint density at radius 3 is 2.79 bits per heavy atom. The minimum absolute atomic E-state index is 0.144. The molecule has 3 N–H and O–H groups in total. The van der Waals surface area contributed by atoms with E-state index in [-0.39, 0.29) is 11.7 Å². The van der Waals surface area contributed by atoms with Crippen LogP contribution in [0.4, 0.5) is 11.4 Å². The molecule has 4 rings (SSSR count). The average molecular weight is 413 g/mol. The number of anilines is 2. The fraction of sp³-hybridized carbons (Fsp3) is 0.250. The van der Waals surface area contributed by atoms with Gasteiger partial charge in [-0.05, 0) is 44.5 Å². The number of ether oxygens (including phenoxy) is 3. The molecule has 0 fully saturated rings. The van der Waals surface area contributed by atoms with E-state index in [1.807, 2.05) is 19.9 Å². The van der Waals surface area contributed by atoms with Gasteiger partial charge in [0.2, 0.25) is 6.79 Å². The second-order valence-electron chi connectivity index (χ2n) is 6.71. The molecule has 1 unspecified atom stereocenters. The van der Waals surface area contributed by atoms with Gasteiger partial charge in [-0.1, -0.05) is 0 Å². The molecule has 9 heteroatoms. The van der Waals surface area contributed by atoms with Crippen LogP contribution in [0.3, 0.4) is 0 Å². The maximum Gasteiger partial charge on any atom is 0.351 e. The van der Waals surface area contributed by atoms with Crippen molar-refractivity contribution in [1.82, 2.24) is 4.98 Å². The zero-order chi connectivity index (χ0) is 20.7. The molecule has 1 aromatic carbocycles. The fourth-order valence-corrected chi connectivity index (χ4v) is 4.21. The van der Waals surface area contributed by atoms with E-state index in [1.54, 1.807) is 18.2 Å². The van der Waals surface area contributed by atoms with E-state index in [4.69, 9.17) is 19.9 Å². The predicted molar refractivity (Wildman–Crippen MR) is 110 cm³/mol. The number of pyridine rings is 1. The minimum Gasteiger partial charge on any atom is -0.454 e. The first-order chi connectivity index (χ1) is 13.8. The molecule has 0 saturated heterocycles. The molecule has 29 heavy (non-hydrogen) atoms. The van der Waals surface area contributed by atoms with E-state index >= 15 is 0 Å². The van der Waals surface area contributed by atoms with Crippen molar-refractivity contribution < 1.29 is 23.8 Å². The first-order valence-electron chi connectivity index (χ1n) is 8.91. The van der Waals surface area contributed by atoms with Gasteiger partial charge in [0.1, 0.15) is 9.71 Å². The molecule has 0 aliphatic carbocycles. The summed E-state index contributed by atoms with van der Waals surface area (Å²) < 4.78 is 15.9. The number of hydrogen-bond donors (Lipinski definition) is 2. The number of nitrogen functional groups attached to an aromatic ring is 1. The van der Waals surface area contributed by atoms with Crippen molar-refractivity contribution in [2.75, 3.05) is 17.8 Å². The highest BCUT2D eigenvalue weighted by molar-refractivity contribution is 7.21. The number of aromatic nitrogens is 1. The monoisotopic (exact) mass is 413 g/mol. The Labute approximate surface area is 170 Å². The average Bonchev–Trinajstić information content (AvgIpc) is 3.25. The van der Waals surface area contributed by atoms with Gasteiger partial charge in [0, 0.05) is 22.8 Å². The topological polar surface area (TPSA) is 113 Å². The third kappa shape index (κ3) is 3.56. The third-order valence-electron chi connectivity index (χ3n) is 4.50. The number of carbonyl (C=O) groups excluding carboxylic acids is 2. The SMILES string of the molecule is Cc1cc(C)c2c(N)c(C(=O)OC(C)C(=O)Nc3ccc4c(c3)OCO4)sc2n1. The number of nitrogens with zero attached hydrogens (tertiary/aromatic N) is 1. The largest absolute Gasteiger partial charge is 0.454 e. The number of aryl methyl sites for hydroxylation is 2. The molecule has 0 radical (unpaired) electrons. The molecular formula is C20H19N3O5S. The van der Waals surface area contributed by atoms with Crippen LogP contribution in [-0.4, -0.2) is 29.8 Å². The molecule has 1 atom stereocenters. The standard InChI is InChI=1S/C20H19N3O5S/c1-9-6-10(2)22-19-15(9)16(21)17(29-19)20(25)28-11(3)18(24)23-12-4-5-13-14(7-12)27-8-26-13/h4-7,11H,8,21H2,1-3H3,(H,23,24). The highest BCUT2D eigenvalue weighted by Crippen LogP contribution is 2.36. The molecule has 8 nitrogen and oxygen atoms in total. The van der Waals surface area contributed by atoms with Crippen molar-refractivity contribution in [3.63, 3.8) is 0 Å². The molecule has 1 aliphatic heterocycles. The smallest absolute Gasteiger partial charge is 0.351 e. The van der Waals surface area contributed by atoms with Crippen LogP contribution in [0.2, 0.25) is 0 Å². The van der Waals surface area contributed by atoms with Crippen molar-refractivity contribution in [3.8, 4) is 11.5 Å². The molecule has 1 aliphatic rings. The van der Waals surface area contributed by atoms with Crippen molar-refractivity contribution in [2.45, 2.75) is 26.9 Å². The Bertz CT molecular complexity index is 1140. The van der Waals surface area contributed by atoms with Crippen molar-refractivity contribution in [2.24, 2.45) is 0 Å². The van der Waals surface area contributed by atoms with Crippen molar-refractivity contribution >= 4 is 44.8 Å². The number of amides is 1. The second kappa shape index (κ2) is 7.25. The number of nitrogens with one attached hydrogen (secondary N) is 1. The second-order valence-corrected chi connectivity index (χ2v) is 7.71. The van der Waals surface area contributed by atoms with Crippen LogP contribution in [0.5, 0.6) is 11.5 Å². The summed E-state index contributed by atoms with van der Waals surface area (Å²) in [5.41, 5.74) is 8.78. The van der Waals surface area contributed by atoms with E-state index in [2.05, 4.69) is 10.3 Å². The normalized spacial score (nSPS) is 13.3. The number of esters is 1. The van der Waals surface area contributed by atoms with Crippen LogP contribution >= 0.6 is 11.3 Å². The number of fused-ring (bicyclic) bond motifs is 2. The maximum atomic E-state index is 12.6. The quantitative estimate of drug-likeness (QED) is 0.630. The molecule has 150 valence electrons. The zero-order valence-corrected chi connectivity index (χ0v) is 16.9. The van der Waals surface area contributed by atoms with Crippen LogP contribution < -0.4 is 20.5 Å². The summed E-state index contributed by atoms with van der Waals surface area (Å²) in [6.45, 7) is 5.43. The number of thiophene rings is 1. The fourth-order valence-electron chi connectivity index (χ4n) is 3.11. The summed E-state index contributed by atoms with van der Waals surface area (Å²) in [7, 11) is 0. The Morgan fingerprint density at radius 2 is 2.00 bits per heavy atom. The Morgan fingerprint density at radius 1 is 1.24 bits per heavy atom. The molecule has 1 amide bonds. The molecular weight excluding hydrogens is 394 g/mol. The molecule has 0 bridgehead atoms. The molecule has 2 aromatic heterocycles. The van der Waals surface area contributed by atoms with Gasteiger partial charge >= 0.3 is 5.97 Å². The lowest BCUT2D eigenvalue weighted by molar-refractivity contribution is -0.123. The van der Waals surface area contributed by atoms with E-state index in [0.29, 0.717) is 27.7 Å². The maximum absolute atomic E-state index is 12.6. The minimum atomic E-state index is -1.02. The van der Waals surface area contributed by atoms with Crippen LogP contribution in [0.15, 0.2) is 24.3 Å². The van der Waals surface area contributed by atoms with Gasteiger partial charge in [0.25, 0.3) is 5.91 Å². The van der Waals surface area contributed by atoms with E-state index in [0.717, 1.165) is 28.0 Å². The van der Waals surface area contributed by atoms with Crippen LogP contribution in [0.1, 0.15) is 27.9 Å². The highest BCUT2D eigenvalue weighted by atomic mass is 32.1. The summed E-state index contributed by atoms with van der Waals surface area (Å²) in [6.07, 6.45) is -1.02. The van der Waals surface area contributed by atoms with Crippen LogP contribution in [0.25, 0.3) is 10.2 Å². The Kier molecular flexibility index (Phi) is 4.75. The lowest BCUT2D eigenvalue weighted by Crippen LogP contribution is -2.29. The first-order valence-corrected chi connectivity index (χ1v) is 9.73. The van der Waals surface area contributed by atoms with Gasteiger partial charge < -0.3 is 25.3 Å². The summed E-state index contributed by atoms with van der Waals surface area (Å²) in [4.78, 5) is 30.4. The lowest BCUT2D eigenvalue weighted by atomic mass is 10.1. The number of rotatable bonds is 4. The van der Waals surface area contributed by atoms with E-state index in [1.165, 1.54) is 6.92 Å². The van der Waals surface area contributed by atoms with Crippen molar-refractivity contribution in [1.29, 1.82) is 0 Å². The summed E-state index contributed by atoms with van der Waals surface area (Å²) in [5, 5.41) is 3.43. The van der Waals surface area contributed by atoms with Gasteiger partial charge in [0.15, 0.2) is 17.6 Å². The summed E-state index contributed by atoms with van der Waals surface area (Å²) in [5.74, 6) is 0.0310. The van der Waals surface area contributed by atoms with Crippen molar-refractivity contribution in [3.05, 3.63) is 40.4 Å². The summed E-state index contributed by atoms with van der Waals surface area (Å²) in [6, 6.07) is 6.93. The van der Waals surface area contributed by atoms with Gasteiger partial charge in [-0.25, -0.2) is 9.78 Å². The van der Waals surface area contributed by atoms with Gasteiger partial charge in [0.05, 0.1) is 5.69 Å². The number of carbonyl (C=O) groups is 2. The molecule has 0 spiro atoms. The lowest BCUT2D eigenvalue weighted by Gasteiger charge is -2.13. The van der Waals surface area contributed by atoms with Gasteiger partial charge in [-0.15, -0.1) is 11.3 Å². The first kappa shape index (κ1) is 19.0. The van der Waals surface area contributed by atoms with Gasteiger partial charge in [-0.2, -0.15) is 0 Å². The zero-order valence-electron chi connectivity index (χ0n) is 16.1. The van der Waals surface area contributed by atoms with Crippen LogP contribution in [-0.2, 0) is 9.53 Å². The third-order valence-corrected chi connectivity index (χ3v) is 5.58. The van der Waals surface area contributed by atoms with Crippen LogP contribution in [0, 0.1) is 13.8 Å². The molecule has 0 saturated carbocycles. The van der Waals surface area contributed by atoms with E-state index < -0.39 is 18.0 Å². The Hall–Kier alpha value is -3.33. The number of nitrogens with two attached hydrogens (primary N) is 1. The predicted octanol–water partition coefficient (Wildman–Crippen LogP) is 3.41. The Balaban J connectivity index is 1.48.